The molecule has 0 radical (unpaired) electrons. The van der Waals surface area contributed by atoms with Crippen LogP contribution in [0.2, 0.25) is 0 Å². The van der Waals surface area contributed by atoms with Gasteiger partial charge in [-0.25, -0.2) is 0 Å². The Morgan fingerprint density at radius 2 is 2.33 bits per heavy atom. The monoisotopic (exact) mass is 84.1 g/mol. The van der Waals surface area contributed by atoms with Gasteiger partial charge in [0, 0.05) is 12.3 Å². The first-order valence-electron chi connectivity index (χ1n) is 2.33. The zero-order chi connectivity index (χ0) is 4.57. The molecule has 0 aromatic heterocycles. The molecule has 0 spiro atoms. The standard InChI is InChI=1S/C5H8O/c1-4-2-3-5(4)6/h4H,2-3H2,1H3/t4-/m1/s1. The minimum atomic E-state index is 0.394. The van der Waals surface area contributed by atoms with Crippen molar-refractivity contribution < 1.29 is 4.79 Å². The average Bonchev–Trinajstić information content (AvgIpc) is 1.61. The van der Waals surface area contributed by atoms with E-state index in [1.165, 1.54) is 0 Å². The van der Waals surface area contributed by atoms with Crippen LogP contribution in [0.4, 0.5) is 0 Å². The number of hydrogen-bond donors (Lipinski definition) is 0. The van der Waals surface area contributed by atoms with Crippen molar-refractivity contribution >= 4 is 5.78 Å². The molecule has 1 nitrogen and oxygen atoms in total. The molecule has 1 aliphatic carbocycles. The molecule has 0 bridgehead atoms. The van der Waals surface area contributed by atoms with Crippen molar-refractivity contribution in [1.29, 1.82) is 0 Å². The van der Waals surface area contributed by atoms with Gasteiger partial charge in [0.25, 0.3) is 0 Å². The Bertz CT molecular complexity index is 76.0. The third kappa shape index (κ3) is 0.348. The van der Waals surface area contributed by atoms with Gasteiger partial charge in [-0.15, -0.1) is 0 Å². The Kier molecular flexibility index (Phi) is 0.685. The second kappa shape index (κ2) is 1.07. The molecule has 1 fully saturated rings. The molecule has 34 valence electrons. The quantitative estimate of drug-likeness (QED) is 0.427. The summed E-state index contributed by atoms with van der Waals surface area (Å²) in [6, 6.07) is 0. The Morgan fingerprint density at radius 3 is 2.33 bits per heavy atom. The first-order valence-corrected chi connectivity index (χ1v) is 2.33. The largest absolute Gasteiger partial charge is 0.299 e. The van der Waals surface area contributed by atoms with E-state index in [9.17, 15) is 4.79 Å². The van der Waals surface area contributed by atoms with Crippen LogP contribution in [-0.2, 0) is 4.79 Å². The van der Waals surface area contributed by atoms with Crippen molar-refractivity contribution in [2.24, 2.45) is 5.92 Å². The second-order valence-corrected chi connectivity index (χ2v) is 1.91. The van der Waals surface area contributed by atoms with E-state index < -0.39 is 0 Å². The van der Waals surface area contributed by atoms with Gasteiger partial charge < -0.3 is 0 Å². The van der Waals surface area contributed by atoms with Gasteiger partial charge in [-0.05, 0) is 6.42 Å². The van der Waals surface area contributed by atoms with Crippen LogP contribution >= 0.6 is 0 Å². The van der Waals surface area contributed by atoms with E-state index >= 15 is 0 Å². The predicted octanol–water partition coefficient (Wildman–Crippen LogP) is 0.985. The fraction of sp³-hybridized carbons (Fsp3) is 0.800. The maximum absolute atomic E-state index is 10.2. The van der Waals surface area contributed by atoms with E-state index in [4.69, 9.17) is 0 Å². The average molecular weight is 84.1 g/mol. The molecule has 0 amide bonds. The lowest BCUT2D eigenvalue weighted by Crippen LogP contribution is -2.21. The van der Waals surface area contributed by atoms with Crippen LogP contribution in [0, 0.1) is 5.92 Å². The normalized spacial score (nSPS) is 32.8. The number of rotatable bonds is 0. The zero-order valence-electron chi connectivity index (χ0n) is 3.90. The van der Waals surface area contributed by atoms with Crippen LogP contribution in [0.5, 0.6) is 0 Å². The molecule has 0 aliphatic heterocycles. The zero-order valence-corrected chi connectivity index (χ0v) is 3.90. The molecule has 6 heavy (non-hydrogen) atoms. The van der Waals surface area contributed by atoms with Crippen LogP contribution in [0.15, 0.2) is 0 Å². The number of carbonyl (C=O) groups excluding carboxylic acids is 1. The van der Waals surface area contributed by atoms with Crippen molar-refractivity contribution in [3.63, 3.8) is 0 Å². The lowest BCUT2D eigenvalue weighted by molar-refractivity contribution is -0.128. The Hall–Kier alpha value is -0.330. The van der Waals surface area contributed by atoms with Crippen molar-refractivity contribution in [3.05, 3.63) is 0 Å². The summed E-state index contributed by atoms with van der Waals surface area (Å²) in [7, 11) is 0. The van der Waals surface area contributed by atoms with E-state index in [-0.39, 0.29) is 0 Å². The van der Waals surface area contributed by atoms with E-state index in [1.54, 1.807) is 0 Å². The van der Waals surface area contributed by atoms with Gasteiger partial charge in [0.15, 0.2) is 0 Å². The van der Waals surface area contributed by atoms with Crippen molar-refractivity contribution in [1.82, 2.24) is 0 Å². The summed E-state index contributed by atoms with van der Waals surface area (Å²) >= 11 is 0. The Balaban J connectivity index is 2.39. The molecule has 0 saturated heterocycles. The van der Waals surface area contributed by atoms with Crippen molar-refractivity contribution in [2.45, 2.75) is 19.8 Å². The smallest absolute Gasteiger partial charge is 0.135 e. The first-order chi connectivity index (χ1) is 2.80. The van der Waals surface area contributed by atoms with Gasteiger partial charge in [0.2, 0.25) is 0 Å². The molecule has 0 N–H and O–H groups in total. The summed E-state index contributed by atoms with van der Waals surface area (Å²) in [5.41, 5.74) is 0. The van der Waals surface area contributed by atoms with Crippen LogP contribution < -0.4 is 0 Å². The molecule has 0 aromatic carbocycles. The highest BCUT2D eigenvalue weighted by Gasteiger charge is 2.21. The highest BCUT2D eigenvalue weighted by Crippen LogP contribution is 2.20. The molecule has 0 unspecified atom stereocenters. The Morgan fingerprint density at radius 1 is 1.83 bits per heavy atom. The third-order valence-corrected chi connectivity index (χ3v) is 1.37. The fourth-order valence-electron chi connectivity index (χ4n) is 0.551. The third-order valence-electron chi connectivity index (χ3n) is 1.37. The van der Waals surface area contributed by atoms with E-state index in [0.717, 1.165) is 12.8 Å². The molecular formula is C5H8O. The molecule has 0 heterocycles. The number of Topliss-reactive ketones (excluding diaryl/α,β-unsaturated/α-hetero) is 1. The van der Waals surface area contributed by atoms with Crippen LogP contribution in [0.3, 0.4) is 0 Å². The van der Waals surface area contributed by atoms with E-state index in [2.05, 4.69) is 0 Å². The van der Waals surface area contributed by atoms with E-state index in [1.807, 2.05) is 6.92 Å². The van der Waals surface area contributed by atoms with Gasteiger partial charge in [-0.1, -0.05) is 6.92 Å². The molecule has 1 rings (SSSR count). The van der Waals surface area contributed by atoms with Crippen molar-refractivity contribution in [3.8, 4) is 0 Å². The van der Waals surface area contributed by atoms with Gasteiger partial charge >= 0.3 is 0 Å². The topological polar surface area (TPSA) is 17.1 Å². The minimum absolute atomic E-state index is 0.394. The van der Waals surface area contributed by atoms with Gasteiger partial charge in [-0.2, -0.15) is 0 Å². The lowest BCUT2D eigenvalue weighted by atomic mass is 9.86. The molecule has 1 aliphatic rings. The summed E-state index contributed by atoms with van der Waals surface area (Å²) in [5.74, 6) is 0.833. The molecular weight excluding hydrogens is 76.1 g/mol. The summed E-state index contributed by atoms with van der Waals surface area (Å²) < 4.78 is 0. The summed E-state index contributed by atoms with van der Waals surface area (Å²) in [5, 5.41) is 0. The fourth-order valence-corrected chi connectivity index (χ4v) is 0.551. The second-order valence-electron chi connectivity index (χ2n) is 1.91. The van der Waals surface area contributed by atoms with Gasteiger partial charge in [0.1, 0.15) is 5.78 Å². The SMILES string of the molecule is C[C@@H]1CCC1=O. The van der Waals surface area contributed by atoms with Crippen LogP contribution in [-0.4, -0.2) is 5.78 Å². The summed E-state index contributed by atoms with van der Waals surface area (Å²) in [6.45, 7) is 1.98. The Labute approximate surface area is 37.4 Å². The number of ketones is 1. The van der Waals surface area contributed by atoms with Gasteiger partial charge in [-0.3, -0.25) is 4.79 Å². The summed E-state index contributed by atoms with van der Waals surface area (Å²) in [6.07, 6.45) is 1.96. The maximum atomic E-state index is 10.2. The number of hydrogen-bond acceptors (Lipinski definition) is 1. The maximum Gasteiger partial charge on any atom is 0.135 e. The number of carbonyl (C=O) groups is 1. The molecule has 0 aromatic rings. The predicted molar refractivity (Wildman–Crippen MR) is 23.4 cm³/mol. The van der Waals surface area contributed by atoms with Gasteiger partial charge in [0.05, 0.1) is 0 Å². The molecule has 1 saturated carbocycles. The summed E-state index contributed by atoms with van der Waals surface area (Å²) in [4.78, 5) is 10.2. The van der Waals surface area contributed by atoms with Crippen molar-refractivity contribution in [2.75, 3.05) is 0 Å². The highest BCUT2D eigenvalue weighted by atomic mass is 16.1. The van der Waals surface area contributed by atoms with Crippen LogP contribution in [0.25, 0.3) is 0 Å². The van der Waals surface area contributed by atoms with E-state index in [0.29, 0.717) is 11.7 Å². The minimum Gasteiger partial charge on any atom is -0.299 e. The highest BCUT2D eigenvalue weighted by molar-refractivity contribution is 5.85. The molecule has 1 heteroatoms. The molecule has 1 atom stereocenters. The first kappa shape index (κ1) is 3.85. The van der Waals surface area contributed by atoms with Crippen LogP contribution in [0.1, 0.15) is 19.8 Å². The lowest BCUT2D eigenvalue weighted by Gasteiger charge is -2.17.